The van der Waals surface area contributed by atoms with E-state index >= 15 is 0 Å². The van der Waals surface area contributed by atoms with Crippen LogP contribution in [-0.2, 0) is 8.23 Å². The fourth-order valence-corrected chi connectivity index (χ4v) is 18.8. The Labute approximate surface area is 226 Å². The lowest BCUT2D eigenvalue weighted by Gasteiger charge is -2.41. The third kappa shape index (κ3) is 8.68. The average Bonchev–Trinajstić information content (AvgIpc) is 2.85. The summed E-state index contributed by atoms with van der Waals surface area (Å²) in [4.78, 5) is 0. The van der Waals surface area contributed by atoms with Gasteiger partial charge in [0.15, 0.2) is 16.6 Å². The molecule has 0 aliphatic heterocycles. The van der Waals surface area contributed by atoms with Crippen molar-refractivity contribution in [2.75, 3.05) is 0 Å². The number of phenolic OH excluding ortho intramolecular Hbond substituents is 2. The number of unbranched alkanes of at least 4 members (excludes halogenated alkanes) is 1. The molecule has 200 valence electrons. The van der Waals surface area contributed by atoms with E-state index in [-0.39, 0.29) is 17.4 Å². The van der Waals surface area contributed by atoms with Crippen LogP contribution < -0.4 is 5.19 Å². The summed E-state index contributed by atoms with van der Waals surface area (Å²) < 4.78 is 14.3. The second kappa shape index (κ2) is 12.6. The predicted molar refractivity (Wildman–Crippen MR) is 162 cm³/mol. The summed E-state index contributed by atoms with van der Waals surface area (Å²) in [6.07, 6.45) is 3.30. The highest BCUT2D eigenvalue weighted by atomic mass is 28.5. The predicted octanol–water partition coefficient (Wildman–Crippen LogP) is 7.84. The van der Waals surface area contributed by atoms with Crippen molar-refractivity contribution in [1.82, 2.24) is 0 Å². The summed E-state index contributed by atoms with van der Waals surface area (Å²) in [7, 11) is -6.67. The molecule has 3 aromatic rings. The molecule has 4 nitrogen and oxygen atoms in total. The van der Waals surface area contributed by atoms with Gasteiger partial charge < -0.3 is 18.4 Å². The Morgan fingerprint density at radius 3 is 1.57 bits per heavy atom. The molecule has 7 heteroatoms. The minimum absolute atomic E-state index is 0.150. The summed E-state index contributed by atoms with van der Waals surface area (Å²) in [6, 6.07) is 27.7. The molecule has 0 saturated carbocycles. The van der Waals surface area contributed by atoms with Gasteiger partial charge in [0.2, 0.25) is 0 Å². The van der Waals surface area contributed by atoms with Crippen molar-refractivity contribution in [2.45, 2.75) is 76.9 Å². The summed E-state index contributed by atoms with van der Waals surface area (Å²) >= 11 is 0. The van der Waals surface area contributed by atoms with E-state index in [1.165, 1.54) is 18.0 Å². The Bertz CT molecular complexity index is 1060. The van der Waals surface area contributed by atoms with Crippen LogP contribution in [0.15, 0.2) is 78.9 Å². The Kier molecular flexibility index (Phi) is 9.99. The molecular weight excluding hydrogens is 509 g/mol. The molecular formula is C30H44O4Si3. The molecule has 0 fully saturated rings. The van der Waals surface area contributed by atoms with Crippen LogP contribution in [0.25, 0.3) is 0 Å². The van der Waals surface area contributed by atoms with Crippen molar-refractivity contribution in [3.05, 3.63) is 90.0 Å². The number of rotatable bonds is 13. The molecule has 0 heterocycles. The largest absolute Gasteiger partial charge is 0.508 e. The summed E-state index contributed by atoms with van der Waals surface area (Å²) in [6.45, 7) is 13.8. The van der Waals surface area contributed by atoms with Crippen LogP contribution in [0.3, 0.4) is 0 Å². The molecule has 1 unspecified atom stereocenters. The van der Waals surface area contributed by atoms with Gasteiger partial charge in [-0.1, -0.05) is 74.4 Å². The lowest BCUT2D eigenvalue weighted by atomic mass is 9.89. The number of hydrogen-bond acceptors (Lipinski definition) is 4. The van der Waals surface area contributed by atoms with Gasteiger partial charge in [-0.3, -0.25) is 0 Å². The Morgan fingerprint density at radius 2 is 1.11 bits per heavy atom. The minimum atomic E-state index is -2.63. The third-order valence-corrected chi connectivity index (χ3v) is 19.0. The highest BCUT2D eigenvalue weighted by Crippen LogP contribution is 2.35. The molecule has 0 aliphatic rings. The molecule has 2 N–H and O–H groups in total. The van der Waals surface area contributed by atoms with Gasteiger partial charge in [-0.05, 0) is 91.8 Å². The van der Waals surface area contributed by atoms with Gasteiger partial charge in [-0.25, -0.2) is 0 Å². The molecule has 3 aromatic carbocycles. The van der Waals surface area contributed by atoms with Crippen molar-refractivity contribution in [2.24, 2.45) is 0 Å². The number of aromatic hydroxyl groups is 2. The molecule has 3 rings (SSSR count). The molecule has 0 bridgehead atoms. The van der Waals surface area contributed by atoms with E-state index in [0.717, 1.165) is 29.6 Å². The highest BCUT2D eigenvalue weighted by Gasteiger charge is 2.44. The molecule has 0 radical (unpaired) electrons. The fourth-order valence-electron chi connectivity index (χ4n) is 5.07. The zero-order valence-corrected chi connectivity index (χ0v) is 26.3. The van der Waals surface area contributed by atoms with Crippen LogP contribution in [0, 0.1) is 0 Å². The molecule has 0 saturated heterocycles. The Balaban J connectivity index is 1.85. The lowest BCUT2D eigenvalue weighted by molar-refractivity contribution is 0.395. The van der Waals surface area contributed by atoms with Crippen LogP contribution >= 0.6 is 0 Å². The minimum Gasteiger partial charge on any atom is -0.508 e. The average molecular weight is 553 g/mol. The SMILES string of the molecule is CCCC[Si](C)(C)O[Si](C)(O[Si](C)(C)CCC(c1ccc(O)cc1)c1ccc(O)cc1)c1ccccc1. The monoisotopic (exact) mass is 552 g/mol. The van der Waals surface area contributed by atoms with Gasteiger partial charge in [0.05, 0.1) is 0 Å². The van der Waals surface area contributed by atoms with E-state index in [4.69, 9.17) is 8.23 Å². The topological polar surface area (TPSA) is 58.9 Å². The first-order chi connectivity index (χ1) is 17.4. The van der Waals surface area contributed by atoms with E-state index in [1.807, 2.05) is 24.3 Å². The van der Waals surface area contributed by atoms with E-state index in [9.17, 15) is 10.2 Å². The van der Waals surface area contributed by atoms with Crippen molar-refractivity contribution >= 4 is 30.4 Å². The van der Waals surface area contributed by atoms with Crippen LogP contribution in [0.2, 0.25) is 44.8 Å². The number of phenols is 2. The fraction of sp³-hybridized carbons (Fsp3) is 0.400. The zero-order valence-electron chi connectivity index (χ0n) is 23.3. The van der Waals surface area contributed by atoms with Gasteiger partial charge in [0.1, 0.15) is 11.5 Å². The van der Waals surface area contributed by atoms with Crippen LogP contribution in [0.5, 0.6) is 11.5 Å². The third-order valence-electron chi connectivity index (χ3n) is 7.00. The maximum atomic E-state index is 9.83. The molecule has 37 heavy (non-hydrogen) atoms. The van der Waals surface area contributed by atoms with Gasteiger partial charge in [0, 0.05) is 5.92 Å². The zero-order chi connectivity index (χ0) is 27.1. The van der Waals surface area contributed by atoms with E-state index in [1.54, 1.807) is 24.3 Å². The van der Waals surface area contributed by atoms with Crippen molar-refractivity contribution in [1.29, 1.82) is 0 Å². The van der Waals surface area contributed by atoms with Gasteiger partial charge in [0.25, 0.3) is 0 Å². The van der Waals surface area contributed by atoms with Crippen molar-refractivity contribution in [3.63, 3.8) is 0 Å². The molecule has 0 aromatic heterocycles. The van der Waals surface area contributed by atoms with Crippen LogP contribution in [-0.4, -0.2) is 35.4 Å². The standard InChI is InChI=1S/C30H44O4Si3/c1-7-8-23-35(2,3)33-37(6,29-12-10-9-11-13-29)34-36(4,5)24-22-30(25-14-18-27(31)19-15-25)26-16-20-28(32)21-17-26/h9-21,30-32H,7-8,22-24H2,1-6H3. The number of benzene rings is 3. The maximum Gasteiger partial charge on any atom is 0.348 e. The van der Waals surface area contributed by atoms with Crippen molar-refractivity contribution < 1.29 is 18.4 Å². The first-order valence-electron chi connectivity index (χ1n) is 13.5. The number of hydrogen-bond donors (Lipinski definition) is 2. The van der Waals surface area contributed by atoms with Crippen LogP contribution in [0.4, 0.5) is 0 Å². The Hall–Kier alpha value is -2.17. The molecule has 0 spiro atoms. The van der Waals surface area contributed by atoms with Gasteiger partial charge in [-0.2, -0.15) is 0 Å². The normalized spacial score (nSPS) is 14.0. The molecule has 0 aliphatic carbocycles. The van der Waals surface area contributed by atoms with Crippen molar-refractivity contribution in [3.8, 4) is 11.5 Å². The smallest absolute Gasteiger partial charge is 0.348 e. The molecule has 1 atom stereocenters. The first kappa shape index (κ1) is 29.4. The quantitative estimate of drug-likeness (QED) is 0.212. The lowest BCUT2D eigenvalue weighted by Crippen LogP contribution is -2.61. The summed E-state index contributed by atoms with van der Waals surface area (Å²) in [5.74, 6) is 0.684. The van der Waals surface area contributed by atoms with E-state index in [2.05, 4.69) is 70.0 Å². The second-order valence-corrected chi connectivity index (χ2v) is 23.6. The second-order valence-electron chi connectivity index (χ2n) is 11.4. The van der Waals surface area contributed by atoms with E-state index < -0.39 is 25.2 Å². The van der Waals surface area contributed by atoms with Gasteiger partial charge >= 0.3 is 8.56 Å². The first-order valence-corrected chi connectivity index (χ1v) is 22.0. The maximum absolute atomic E-state index is 9.83. The van der Waals surface area contributed by atoms with Gasteiger partial charge in [-0.15, -0.1) is 0 Å². The van der Waals surface area contributed by atoms with Crippen LogP contribution in [0.1, 0.15) is 43.2 Å². The Morgan fingerprint density at radius 1 is 0.649 bits per heavy atom. The highest BCUT2D eigenvalue weighted by molar-refractivity contribution is 6.94. The summed E-state index contributed by atoms with van der Waals surface area (Å²) in [5, 5.41) is 20.9. The van der Waals surface area contributed by atoms with E-state index in [0.29, 0.717) is 0 Å². The molecule has 0 amide bonds. The summed E-state index contributed by atoms with van der Waals surface area (Å²) in [5.41, 5.74) is 2.31.